The van der Waals surface area contributed by atoms with Gasteiger partial charge in [0, 0.05) is 26.2 Å². The largest absolute Gasteiger partial charge is 0.357 e. The minimum Gasteiger partial charge on any atom is -0.291 e. The standard InChI is InChI=1S/C14H12N4O6/c1-15-11(12(18(23)24)13(19)16(2)14(15)20)7-6-9-4-3-5-10(8-9)17(21)22/h3-8H,1-2H3/b7-6+. The molecule has 0 aliphatic rings. The van der Waals surface area contributed by atoms with E-state index in [-0.39, 0.29) is 11.4 Å². The maximum Gasteiger partial charge on any atom is 0.357 e. The molecule has 0 N–H and O–H groups in total. The van der Waals surface area contributed by atoms with Gasteiger partial charge in [0.05, 0.1) is 9.85 Å². The van der Waals surface area contributed by atoms with Crippen molar-refractivity contribution in [2.45, 2.75) is 0 Å². The molecular formula is C14H12N4O6. The molecule has 0 atom stereocenters. The lowest BCUT2D eigenvalue weighted by Crippen LogP contribution is -2.39. The van der Waals surface area contributed by atoms with E-state index in [1.165, 1.54) is 37.4 Å². The monoisotopic (exact) mass is 332 g/mol. The average Bonchev–Trinajstić information content (AvgIpc) is 2.54. The van der Waals surface area contributed by atoms with Crippen LogP contribution in [0.3, 0.4) is 0 Å². The van der Waals surface area contributed by atoms with Crippen molar-refractivity contribution in [3.05, 3.63) is 76.6 Å². The number of rotatable bonds is 4. The normalized spacial score (nSPS) is 10.9. The van der Waals surface area contributed by atoms with Crippen molar-refractivity contribution in [1.82, 2.24) is 9.13 Å². The Morgan fingerprint density at radius 1 is 1.00 bits per heavy atom. The molecule has 0 bridgehead atoms. The Hall–Kier alpha value is -3.56. The number of hydrogen-bond acceptors (Lipinski definition) is 6. The second kappa shape index (κ2) is 6.28. The van der Waals surface area contributed by atoms with Gasteiger partial charge >= 0.3 is 16.9 Å². The van der Waals surface area contributed by atoms with E-state index in [0.29, 0.717) is 10.1 Å². The molecule has 0 aliphatic heterocycles. The third-order valence-corrected chi connectivity index (χ3v) is 3.38. The van der Waals surface area contributed by atoms with Gasteiger partial charge in [0.1, 0.15) is 5.69 Å². The van der Waals surface area contributed by atoms with Crippen LogP contribution in [-0.2, 0) is 14.1 Å². The van der Waals surface area contributed by atoms with Crippen molar-refractivity contribution < 1.29 is 9.85 Å². The van der Waals surface area contributed by atoms with Crippen molar-refractivity contribution in [3.8, 4) is 0 Å². The minimum atomic E-state index is -1.03. The van der Waals surface area contributed by atoms with E-state index < -0.39 is 26.8 Å². The van der Waals surface area contributed by atoms with Crippen LogP contribution in [0.15, 0.2) is 33.9 Å². The van der Waals surface area contributed by atoms with E-state index in [4.69, 9.17) is 0 Å². The van der Waals surface area contributed by atoms with Crippen molar-refractivity contribution in [1.29, 1.82) is 0 Å². The molecule has 0 unspecified atom stereocenters. The Morgan fingerprint density at radius 2 is 1.67 bits per heavy atom. The van der Waals surface area contributed by atoms with Gasteiger partial charge in [0.15, 0.2) is 0 Å². The second-order valence-electron chi connectivity index (χ2n) is 4.88. The zero-order chi connectivity index (χ0) is 18.0. The third-order valence-electron chi connectivity index (χ3n) is 3.38. The van der Waals surface area contributed by atoms with Crippen molar-refractivity contribution >= 4 is 23.5 Å². The van der Waals surface area contributed by atoms with Crippen LogP contribution in [-0.4, -0.2) is 19.0 Å². The maximum absolute atomic E-state index is 11.9. The first kappa shape index (κ1) is 16.8. The van der Waals surface area contributed by atoms with Crippen LogP contribution in [0.25, 0.3) is 12.2 Å². The molecule has 24 heavy (non-hydrogen) atoms. The molecule has 124 valence electrons. The number of aromatic nitrogens is 2. The molecule has 0 amide bonds. The molecular weight excluding hydrogens is 320 g/mol. The van der Waals surface area contributed by atoms with Crippen LogP contribution in [0.5, 0.6) is 0 Å². The summed E-state index contributed by atoms with van der Waals surface area (Å²) in [5, 5.41) is 21.9. The number of benzene rings is 1. The Balaban J connectivity index is 2.64. The SMILES string of the molecule is Cn1c(/C=C/c2cccc([N+](=O)[O-])c2)c([N+](=O)[O-])c(=O)n(C)c1=O. The van der Waals surface area contributed by atoms with Gasteiger partial charge in [-0.3, -0.25) is 34.2 Å². The average molecular weight is 332 g/mol. The predicted octanol–water partition coefficient (Wildman–Crippen LogP) is 1.07. The summed E-state index contributed by atoms with van der Waals surface area (Å²) in [6, 6.07) is 5.57. The summed E-state index contributed by atoms with van der Waals surface area (Å²) in [6.45, 7) is 0. The van der Waals surface area contributed by atoms with E-state index in [1.54, 1.807) is 6.07 Å². The summed E-state index contributed by atoms with van der Waals surface area (Å²) in [5.41, 5.74) is -2.44. The Kier molecular flexibility index (Phi) is 4.40. The van der Waals surface area contributed by atoms with Gasteiger partial charge in [-0.1, -0.05) is 18.2 Å². The summed E-state index contributed by atoms with van der Waals surface area (Å²) >= 11 is 0. The second-order valence-corrected chi connectivity index (χ2v) is 4.88. The van der Waals surface area contributed by atoms with Crippen LogP contribution in [0, 0.1) is 20.2 Å². The minimum absolute atomic E-state index is 0.149. The van der Waals surface area contributed by atoms with E-state index in [0.717, 1.165) is 11.6 Å². The topological polar surface area (TPSA) is 130 Å². The summed E-state index contributed by atoms with van der Waals surface area (Å²) in [7, 11) is 2.44. The summed E-state index contributed by atoms with van der Waals surface area (Å²) in [5.74, 6) is 0. The van der Waals surface area contributed by atoms with Crippen LogP contribution < -0.4 is 11.2 Å². The fourth-order valence-electron chi connectivity index (χ4n) is 2.12. The molecule has 0 saturated carbocycles. The molecule has 2 rings (SSSR count). The summed E-state index contributed by atoms with van der Waals surface area (Å²) in [4.78, 5) is 44.3. The molecule has 1 aromatic carbocycles. The smallest absolute Gasteiger partial charge is 0.291 e. The predicted molar refractivity (Wildman–Crippen MR) is 85.6 cm³/mol. The third kappa shape index (κ3) is 2.97. The first-order chi connectivity index (χ1) is 11.2. The lowest BCUT2D eigenvalue weighted by molar-refractivity contribution is -0.387. The lowest BCUT2D eigenvalue weighted by Gasteiger charge is -2.06. The molecule has 0 fully saturated rings. The number of nitro groups is 2. The fourth-order valence-corrected chi connectivity index (χ4v) is 2.12. The highest BCUT2D eigenvalue weighted by molar-refractivity contribution is 5.72. The van der Waals surface area contributed by atoms with E-state index in [1.807, 2.05) is 0 Å². The van der Waals surface area contributed by atoms with Crippen LogP contribution in [0.2, 0.25) is 0 Å². The molecule has 10 heteroatoms. The van der Waals surface area contributed by atoms with Gasteiger partial charge in [-0.25, -0.2) is 4.79 Å². The van der Waals surface area contributed by atoms with Crippen LogP contribution >= 0.6 is 0 Å². The summed E-state index contributed by atoms with van der Waals surface area (Å²) in [6.07, 6.45) is 2.56. The van der Waals surface area contributed by atoms with E-state index in [2.05, 4.69) is 0 Å². The van der Waals surface area contributed by atoms with Gasteiger partial charge in [-0.2, -0.15) is 0 Å². The highest BCUT2D eigenvalue weighted by Gasteiger charge is 2.23. The maximum atomic E-state index is 11.9. The van der Waals surface area contributed by atoms with Crippen LogP contribution in [0.4, 0.5) is 11.4 Å². The van der Waals surface area contributed by atoms with Gasteiger partial charge in [-0.15, -0.1) is 0 Å². The quantitative estimate of drug-likeness (QED) is 0.608. The number of nitrogens with zero attached hydrogens (tertiary/aromatic N) is 4. The van der Waals surface area contributed by atoms with Crippen molar-refractivity contribution in [2.24, 2.45) is 14.1 Å². The molecule has 2 aromatic rings. The zero-order valence-corrected chi connectivity index (χ0v) is 12.7. The Labute approximate surface area is 134 Å². The number of non-ortho nitro benzene ring substituents is 1. The fraction of sp³-hybridized carbons (Fsp3) is 0.143. The molecule has 0 radical (unpaired) electrons. The van der Waals surface area contributed by atoms with Gasteiger partial charge in [-0.05, 0) is 11.6 Å². The summed E-state index contributed by atoms with van der Waals surface area (Å²) < 4.78 is 1.61. The number of nitro benzene ring substituents is 1. The molecule has 0 saturated heterocycles. The molecule has 1 heterocycles. The van der Waals surface area contributed by atoms with Gasteiger partial charge < -0.3 is 0 Å². The highest BCUT2D eigenvalue weighted by atomic mass is 16.6. The highest BCUT2D eigenvalue weighted by Crippen LogP contribution is 2.18. The van der Waals surface area contributed by atoms with Crippen molar-refractivity contribution in [2.75, 3.05) is 0 Å². The van der Waals surface area contributed by atoms with Gasteiger partial charge in [0.25, 0.3) is 5.69 Å². The molecule has 0 spiro atoms. The Bertz CT molecular complexity index is 986. The zero-order valence-electron chi connectivity index (χ0n) is 12.7. The van der Waals surface area contributed by atoms with E-state index in [9.17, 15) is 29.8 Å². The lowest BCUT2D eigenvalue weighted by atomic mass is 10.1. The first-order valence-electron chi connectivity index (χ1n) is 6.61. The van der Waals surface area contributed by atoms with Gasteiger partial charge in [0.2, 0.25) is 0 Å². The molecule has 0 aliphatic carbocycles. The van der Waals surface area contributed by atoms with E-state index >= 15 is 0 Å². The Morgan fingerprint density at radius 3 is 2.25 bits per heavy atom. The van der Waals surface area contributed by atoms with Crippen LogP contribution in [0.1, 0.15) is 11.3 Å². The van der Waals surface area contributed by atoms with Crippen molar-refractivity contribution in [3.63, 3.8) is 0 Å². The number of hydrogen-bond donors (Lipinski definition) is 0. The first-order valence-corrected chi connectivity index (χ1v) is 6.61. The molecule has 10 nitrogen and oxygen atoms in total. The molecule has 1 aromatic heterocycles.